The number of rotatable bonds is 3. The summed E-state index contributed by atoms with van der Waals surface area (Å²) in [7, 11) is 0. The summed E-state index contributed by atoms with van der Waals surface area (Å²) in [4.78, 5) is 16.6. The van der Waals surface area contributed by atoms with Crippen LogP contribution in [0.15, 0.2) is 42.5 Å². The summed E-state index contributed by atoms with van der Waals surface area (Å²) in [6, 6.07) is 12.1. The van der Waals surface area contributed by atoms with Crippen LogP contribution in [-0.4, -0.2) is 17.7 Å². The highest BCUT2D eigenvalue weighted by Gasteiger charge is 2.18. The maximum absolute atomic E-state index is 12.4. The van der Waals surface area contributed by atoms with Crippen molar-refractivity contribution >= 4 is 40.1 Å². The fourth-order valence-electron chi connectivity index (χ4n) is 2.82. The smallest absolute Gasteiger partial charge is 0.338 e. The molecule has 1 aliphatic heterocycles. The number of pyridine rings is 1. The topological polar surface area (TPSA) is 57.7 Å². The number of halogens is 2. The number of benzene rings is 2. The molecule has 132 valence electrons. The molecule has 26 heavy (non-hydrogen) atoms. The third kappa shape index (κ3) is 3.46. The standard InChI is InChI=1S/C19H13Cl2NO4/c20-15-6-13-8-24-10-26-18(13)14(7-15)9-25-19(23)12-1-3-16-11(5-12)2-4-17(21)22-16/h1-7H,8-10H2. The van der Waals surface area contributed by atoms with E-state index in [2.05, 4.69) is 4.98 Å². The normalized spacial score (nSPS) is 13.2. The Kier molecular flexibility index (Phi) is 4.68. The number of hydrogen-bond acceptors (Lipinski definition) is 5. The van der Waals surface area contributed by atoms with Gasteiger partial charge in [-0.15, -0.1) is 0 Å². The molecule has 0 saturated heterocycles. The highest BCUT2D eigenvalue weighted by atomic mass is 35.5. The van der Waals surface area contributed by atoms with Crippen LogP contribution < -0.4 is 4.74 Å². The highest BCUT2D eigenvalue weighted by molar-refractivity contribution is 6.30. The highest BCUT2D eigenvalue weighted by Crippen LogP contribution is 2.32. The maximum Gasteiger partial charge on any atom is 0.338 e. The molecular weight excluding hydrogens is 377 g/mol. The molecule has 0 N–H and O–H groups in total. The van der Waals surface area contributed by atoms with Gasteiger partial charge in [0.1, 0.15) is 17.5 Å². The van der Waals surface area contributed by atoms with Crippen LogP contribution in [0, 0.1) is 0 Å². The lowest BCUT2D eigenvalue weighted by atomic mass is 10.1. The molecule has 0 amide bonds. The van der Waals surface area contributed by atoms with E-state index in [0.717, 1.165) is 10.9 Å². The zero-order valence-corrected chi connectivity index (χ0v) is 15.0. The average molecular weight is 390 g/mol. The summed E-state index contributed by atoms with van der Waals surface area (Å²) in [6.07, 6.45) is 0. The molecular formula is C19H13Cl2NO4. The third-order valence-electron chi connectivity index (χ3n) is 4.00. The molecule has 5 nitrogen and oxygen atoms in total. The van der Waals surface area contributed by atoms with Crippen molar-refractivity contribution in [3.8, 4) is 5.75 Å². The zero-order chi connectivity index (χ0) is 18.1. The van der Waals surface area contributed by atoms with Gasteiger partial charge in [-0.2, -0.15) is 0 Å². The fraction of sp³-hybridized carbons (Fsp3) is 0.158. The number of esters is 1. The van der Waals surface area contributed by atoms with E-state index in [-0.39, 0.29) is 13.4 Å². The van der Waals surface area contributed by atoms with Gasteiger partial charge in [0.15, 0.2) is 6.79 Å². The Morgan fingerprint density at radius 3 is 2.92 bits per heavy atom. The predicted molar refractivity (Wildman–Crippen MR) is 97.6 cm³/mol. The SMILES string of the molecule is O=C(OCc1cc(Cl)cc2c1OCOC2)c1ccc2nc(Cl)ccc2c1. The molecule has 4 rings (SSSR count). The summed E-state index contributed by atoms with van der Waals surface area (Å²) in [5.41, 5.74) is 2.69. The second kappa shape index (κ2) is 7.11. The Balaban J connectivity index is 1.54. The van der Waals surface area contributed by atoms with Crippen LogP contribution in [0.3, 0.4) is 0 Å². The first-order valence-corrected chi connectivity index (χ1v) is 8.61. The van der Waals surface area contributed by atoms with E-state index in [1.807, 2.05) is 6.07 Å². The van der Waals surface area contributed by atoms with Gasteiger partial charge < -0.3 is 14.2 Å². The molecule has 0 radical (unpaired) electrons. The Bertz CT molecular complexity index is 1010. The number of hydrogen-bond donors (Lipinski definition) is 0. The van der Waals surface area contributed by atoms with E-state index in [1.165, 1.54) is 0 Å². The van der Waals surface area contributed by atoms with Gasteiger partial charge >= 0.3 is 5.97 Å². The lowest BCUT2D eigenvalue weighted by Gasteiger charge is -2.21. The van der Waals surface area contributed by atoms with Gasteiger partial charge in [-0.1, -0.05) is 23.2 Å². The summed E-state index contributed by atoms with van der Waals surface area (Å²) in [6.45, 7) is 0.630. The van der Waals surface area contributed by atoms with Crippen molar-refractivity contribution in [2.75, 3.05) is 6.79 Å². The van der Waals surface area contributed by atoms with Crippen LogP contribution >= 0.6 is 23.2 Å². The van der Waals surface area contributed by atoms with Crippen molar-refractivity contribution in [1.29, 1.82) is 0 Å². The minimum absolute atomic E-state index is 0.0542. The number of ether oxygens (including phenoxy) is 3. The Labute approximate surface area is 159 Å². The van der Waals surface area contributed by atoms with Gasteiger partial charge in [-0.3, -0.25) is 0 Å². The number of nitrogens with zero attached hydrogens (tertiary/aromatic N) is 1. The minimum atomic E-state index is -0.442. The largest absolute Gasteiger partial charge is 0.467 e. The van der Waals surface area contributed by atoms with Crippen LogP contribution in [0.5, 0.6) is 5.75 Å². The number of carbonyl (C=O) groups excluding carboxylic acids is 1. The molecule has 1 aromatic heterocycles. The second-order valence-electron chi connectivity index (χ2n) is 5.78. The Morgan fingerprint density at radius 1 is 1.15 bits per heavy atom. The van der Waals surface area contributed by atoms with Crippen molar-refractivity contribution in [2.45, 2.75) is 13.2 Å². The van der Waals surface area contributed by atoms with Crippen molar-refractivity contribution in [1.82, 2.24) is 4.98 Å². The Hall–Kier alpha value is -2.34. The first kappa shape index (κ1) is 17.1. The molecule has 0 saturated carbocycles. The van der Waals surface area contributed by atoms with Gasteiger partial charge in [0.05, 0.1) is 17.7 Å². The molecule has 0 aliphatic carbocycles. The molecule has 0 bridgehead atoms. The Morgan fingerprint density at radius 2 is 2.04 bits per heavy atom. The fourth-order valence-corrected chi connectivity index (χ4v) is 3.24. The average Bonchev–Trinajstić information content (AvgIpc) is 2.65. The van der Waals surface area contributed by atoms with Crippen molar-refractivity contribution in [3.63, 3.8) is 0 Å². The molecule has 3 aromatic rings. The quantitative estimate of drug-likeness (QED) is 0.477. The summed E-state index contributed by atoms with van der Waals surface area (Å²) in [5, 5.41) is 1.75. The van der Waals surface area contributed by atoms with Crippen molar-refractivity contribution < 1.29 is 19.0 Å². The number of fused-ring (bicyclic) bond motifs is 2. The van der Waals surface area contributed by atoms with Gasteiger partial charge in [0, 0.05) is 21.5 Å². The van der Waals surface area contributed by atoms with Gasteiger partial charge in [0.25, 0.3) is 0 Å². The molecule has 0 unspecified atom stereocenters. The molecule has 0 atom stereocenters. The summed E-state index contributed by atoms with van der Waals surface area (Å²) in [5.74, 6) is 0.216. The van der Waals surface area contributed by atoms with E-state index in [1.54, 1.807) is 36.4 Å². The monoisotopic (exact) mass is 389 g/mol. The maximum atomic E-state index is 12.4. The van der Waals surface area contributed by atoms with E-state index < -0.39 is 5.97 Å². The molecule has 7 heteroatoms. The minimum Gasteiger partial charge on any atom is -0.467 e. The first-order valence-electron chi connectivity index (χ1n) is 7.85. The van der Waals surface area contributed by atoms with Gasteiger partial charge in [-0.25, -0.2) is 9.78 Å². The third-order valence-corrected chi connectivity index (χ3v) is 4.43. The molecule has 2 heterocycles. The lowest BCUT2D eigenvalue weighted by Crippen LogP contribution is -2.14. The zero-order valence-electron chi connectivity index (χ0n) is 13.5. The molecule has 0 spiro atoms. The second-order valence-corrected chi connectivity index (χ2v) is 6.61. The van der Waals surface area contributed by atoms with Crippen LogP contribution in [0.25, 0.3) is 10.9 Å². The van der Waals surface area contributed by atoms with E-state index >= 15 is 0 Å². The van der Waals surface area contributed by atoms with Crippen LogP contribution in [0.4, 0.5) is 0 Å². The van der Waals surface area contributed by atoms with Gasteiger partial charge in [-0.05, 0) is 42.5 Å². The van der Waals surface area contributed by atoms with E-state index in [0.29, 0.717) is 39.2 Å². The molecule has 0 fully saturated rings. The number of aromatic nitrogens is 1. The van der Waals surface area contributed by atoms with E-state index in [9.17, 15) is 4.79 Å². The van der Waals surface area contributed by atoms with Crippen LogP contribution in [-0.2, 0) is 22.7 Å². The predicted octanol–water partition coefficient (Wildman–Crippen LogP) is 4.77. The van der Waals surface area contributed by atoms with E-state index in [4.69, 9.17) is 37.4 Å². The van der Waals surface area contributed by atoms with Crippen LogP contribution in [0.1, 0.15) is 21.5 Å². The molecule has 2 aromatic carbocycles. The number of carbonyl (C=O) groups is 1. The summed E-state index contributed by atoms with van der Waals surface area (Å²) < 4.78 is 16.2. The molecule has 1 aliphatic rings. The van der Waals surface area contributed by atoms with Crippen molar-refractivity contribution in [2.24, 2.45) is 0 Å². The lowest BCUT2D eigenvalue weighted by molar-refractivity contribution is -0.0180. The van der Waals surface area contributed by atoms with Gasteiger partial charge in [0.2, 0.25) is 0 Å². The first-order chi connectivity index (χ1) is 12.6. The van der Waals surface area contributed by atoms with Crippen LogP contribution in [0.2, 0.25) is 10.2 Å². The van der Waals surface area contributed by atoms with Crippen molar-refractivity contribution in [3.05, 3.63) is 69.3 Å². The summed E-state index contributed by atoms with van der Waals surface area (Å²) >= 11 is 12.0.